The third-order valence-electron chi connectivity index (χ3n) is 2.32. The summed E-state index contributed by atoms with van der Waals surface area (Å²) in [6.07, 6.45) is 3.88. The lowest BCUT2D eigenvalue weighted by atomic mass is 9.70. The summed E-state index contributed by atoms with van der Waals surface area (Å²) in [6, 6.07) is 0. The first-order valence-electron chi connectivity index (χ1n) is 3.81. The van der Waals surface area contributed by atoms with Crippen LogP contribution in [0.25, 0.3) is 0 Å². The van der Waals surface area contributed by atoms with Crippen molar-refractivity contribution in [2.24, 2.45) is 5.41 Å². The molecule has 2 heteroatoms. The Balaban J connectivity index is 2.27. The molecule has 0 heterocycles. The van der Waals surface area contributed by atoms with Crippen LogP contribution in [0.3, 0.4) is 0 Å². The predicted molar refractivity (Wildman–Crippen MR) is 40.0 cm³/mol. The Morgan fingerprint density at radius 3 is 1.80 bits per heavy atom. The molecule has 1 rings (SSSR count). The van der Waals surface area contributed by atoms with Crippen molar-refractivity contribution < 1.29 is 9.47 Å². The van der Waals surface area contributed by atoms with Gasteiger partial charge in [-0.25, -0.2) is 0 Å². The summed E-state index contributed by atoms with van der Waals surface area (Å²) in [5.41, 5.74) is 0.378. The molecule has 0 bridgehead atoms. The zero-order valence-electron chi connectivity index (χ0n) is 6.85. The van der Waals surface area contributed by atoms with E-state index in [1.807, 2.05) is 0 Å². The highest BCUT2D eigenvalue weighted by Gasteiger charge is 2.36. The van der Waals surface area contributed by atoms with Crippen LogP contribution in [0, 0.1) is 5.41 Å². The first kappa shape index (κ1) is 8.02. The van der Waals surface area contributed by atoms with Crippen molar-refractivity contribution in [1.29, 1.82) is 0 Å². The van der Waals surface area contributed by atoms with Crippen molar-refractivity contribution in [2.45, 2.75) is 19.3 Å². The largest absolute Gasteiger partial charge is 0.384 e. The number of rotatable bonds is 4. The van der Waals surface area contributed by atoms with Gasteiger partial charge in [0.2, 0.25) is 0 Å². The molecular weight excluding hydrogens is 128 g/mol. The summed E-state index contributed by atoms with van der Waals surface area (Å²) >= 11 is 0. The van der Waals surface area contributed by atoms with Crippen molar-refractivity contribution in [1.82, 2.24) is 0 Å². The Kier molecular flexibility index (Phi) is 2.69. The van der Waals surface area contributed by atoms with E-state index in [1.165, 1.54) is 19.3 Å². The molecule has 0 aromatic carbocycles. The molecule has 0 radical (unpaired) electrons. The van der Waals surface area contributed by atoms with Crippen LogP contribution >= 0.6 is 0 Å². The third-order valence-corrected chi connectivity index (χ3v) is 2.32. The van der Waals surface area contributed by atoms with Crippen LogP contribution < -0.4 is 0 Å². The summed E-state index contributed by atoms with van der Waals surface area (Å²) < 4.78 is 10.2. The van der Waals surface area contributed by atoms with Gasteiger partial charge in [0.15, 0.2) is 0 Å². The maximum atomic E-state index is 5.12. The van der Waals surface area contributed by atoms with Gasteiger partial charge in [-0.3, -0.25) is 0 Å². The minimum absolute atomic E-state index is 0.378. The fraction of sp³-hybridized carbons (Fsp3) is 1.00. The number of hydrogen-bond acceptors (Lipinski definition) is 2. The average Bonchev–Trinajstić information content (AvgIpc) is 1.84. The Bertz CT molecular complexity index is 89.4. The Morgan fingerprint density at radius 1 is 1.10 bits per heavy atom. The van der Waals surface area contributed by atoms with Gasteiger partial charge in [0.25, 0.3) is 0 Å². The van der Waals surface area contributed by atoms with E-state index in [4.69, 9.17) is 9.47 Å². The van der Waals surface area contributed by atoms with E-state index >= 15 is 0 Å². The van der Waals surface area contributed by atoms with E-state index in [9.17, 15) is 0 Å². The molecule has 1 aliphatic carbocycles. The molecule has 10 heavy (non-hydrogen) atoms. The van der Waals surface area contributed by atoms with Crippen molar-refractivity contribution in [3.8, 4) is 0 Å². The topological polar surface area (TPSA) is 18.5 Å². The molecule has 0 amide bonds. The second-order valence-electron chi connectivity index (χ2n) is 3.22. The summed E-state index contributed by atoms with van der Waals surface area (Å²) in [7, 11) is 3.52. The Morgan fingerprint density at radius 2 is 1.60 bits per heavy atom. The minimum Gasteiger partial charge on any atom is -0.384 e. The first-order chi connectivity index (χ1) is 4.83. The zero-order chi connectivity index (χ0) is 7.45. The van der Waals surface area contributed by atoms with Crippen LogP contribution in [0.2, 0.25) is 0 Å². The molecule has 0 spiro atoms. The fourth-order valence-electron chi connectivity index (χ4n) is 1.62. The van der Waals surface area contributed by atoms with Gasteiger partial charge in [0, 0.05) is 19.6 Å². The van der Waals surface area contributed by atoms with Crippen LogP contribution in [-0.4, -0.2) is 27.4 Å². The van der Waals surface area contributed by atoms with Crippen molar-refractivity contribution >= 4 is 0 Å². The highest BCUT2D eigenvalue weighted by molar-refractivity contribution is 4.87. The van der Waals surface area contributed by atoms with Gasteiger partial charge in [0.1, 0.15) is 0 Å². The summed E-state index contributed by atoms with van der Waals surface area (Å²) in [5, 5.41) is 0. The highest BCUT2D eigenvalue weighted by Crippen LogP contribution is 2.40. The van der Waals surface area contributed by atoms with Crippen LogP contribution in [0.1, 0.15) is 19.3 Å². The molecule has 0 atom stereocenters. The molecule has 0 unspecified atom stereocenters. The Hall–Kier alpha value is -0.0800. The van der Waals surface area contributed by atoms with Gasteiger partial charge in [-0.05, 0) is 12.8 Å². The molecule has 0 aromatic rings. The fourth-order valence-corrected chi connectivity index (χ4v) is 1.62. The molecular formula is C8H16O2. The molecule has 1 saturated carbocycles. The highest BCUT2D eigenvalue weighted by atomic mass is 16.5. The van der Waals surface area contributed by atoms with E-state index in [1.54, 1.807) is 14.2 Å². The second kappa shape index (κ2) is 3.35. The van der Waals surface area contributed by atoms with E-state index in [-0.39, 0.29) is 0 Å². The molecule has 1 aliphatic rings. The quantitative estimate of drug-likeness (QED) is 0.594. The van der Waals surface area contributed by atoms with Gasteiger partial charge in [0.05, 0.1) is 13.2 Å². The number of ether oxygens (including phenoxy) is 2. The van der Waals surface area contributed by atoms with Crippen LogP contribution in [0.5, 0.6) is 0 Å². The van der Waals surface area contributed by atoms with Crippen molar-refractivity contribution in [3.05, 3.63) is 0 Å². The SMILES string of the molecule is COCC1(COC)CCC1. The van der Waals surface area contributed by atoms with Crippen molar-refractivity contribution in [3.63, 3.8) is 0 Å². The van der Waals surface area contributed by atoms with Crippen LogP contribution in [0.15, 0.2) is 0 Å². The molecule has 1 fully saturated rings. The second-order valence-corrected chi connectivity index (χ2v) is 3.22. The molecule has 0 aromatic heterocycles. The summed E-state index contributed by atoms with van der Waals surface area (Å²) in [5.74, 6) is 0. The van der Waals surface area contributed by atoms with Gasteiger partial charge in [-0.2, -0.15) is 0 Å². The van der Waals surface area contributed by atoms with Crippen molar-refractivity contribution in [2.75, 3.05) is 27.4 Å². The Labute approximate surface area is 62.5 Å². The van der Waals surface area contributed by atoms with E-state index in [0.29, 0.717) is 5.41 Å². The zero-order valence-corrected chi connectivity index (χ0v) is 6.85. The normalized spacial score (nSPS) is 22.2. The number of methoxy groups -OCH3 is 2. The standard InChI is InChI=1S/C8H16O2/c1-9-6-8(7-10-2)4-3-5-8/h3-7H2,1-2H3. The van der Waals surface area contributed by atoms with Crippen LogP contribution in [0.4, 0.5) is 0 Å². The molecule has 0 saturated heterocycles. The third kappa shape index (κ3) is 1.50. The van der Waals surface area contributed by atoms with Gasteiger partial charge >= 0.3 is 0 Å². The molecule has 0 N–H and O–H groups in total. The van der Waals surface area contributed by atoms with E-state index in [0.717, 1.165) is 13.2 Å². The lowest BCUT2D eigenvalue weighted by Crippen LogP contribution is -2.38. The first-order valence-corrected chi connectivity index (χ1v) is 3.81. The smallest absolute Gasteiger partial charge is 0.0540 e. The van der Waals surface area contributed by atoms with E-state index in [2.05, 4.69) is 0 Å². The maximum absolute atomic E-state index is 5.12. The summed E-state index contributed by atoms with van der Waals surface area (Å²) in [6.45, 7) is 1.72. The average molecular weight is 144 g/mol. The van der Waals surface area contributed by atoms with Gasteiger partial charge < -0.3 is 9.47 Å². The monoisotopic (exact) mass is 144 g/mol. The van der Waals surface area contributed by atoms with E-state index < -0.39 is 0 Å². The van der Waals surface area contributed by atoms with Gasteiger partial charge in [-0.15, -0.1) is 0 Å². The summed E-state index contributed by atoms with van der Waals surface area (Å²) in [4.78, 5) is 0. The maximum Gasteiger partial charge on any atom is 0.0540 e. The molecule has 60 valence electrons. The molecule has 0 aliphatic heterocycles. The lowest BCUT2D eigenvalue weighted by molar-refractivity contribution is -0.0408. The van der Waals surface area contributed by atoms with Gasteiger partial charge in [-0.1, -0.05) is 6.42 Å². The predicted octanol–water partition coefficient (Wildman–Crippen LogP) is 1.45. The minimum atomic E-state index is 0.378. The molecule has 2 nitrogen and oxygen atoms in total. The van der Waals surface area contributed by atoms with Crippen LogP contribution in [-0.2, 0) is 9.47 Å². The number of hydrogen-bond donors (Lipinski definition) is 0. The lowest BCUT2D eigenvalue weighted by Gasteiger charge is -2.40.